The van der Waals surface area contributed by atoms with Gasteiger partial charge in [-0.3, -0.25) is 4.90 Å². The number of carbonyl (C=O) groups excluding carboxylic acids is 1. The van der Waals surface area contributed by atoms with E-state index in [4.69, 9.17) is 11.6 Å². The van der Waals surface area contributed by atoms with Gasteiger partial charge < -0.3 is 9.88 Å². The second-order valence-electron chi connectivity index (χ2n) is 6.16. The molecule has 148 valence electrons. The van der Waals surface area contributed by atoms with Crippen molar-refractivity contribution in [1.82, 2.24) is 29.7 Å². The Morgan fingerprint density at radius 2 is 2.00 bits per heavy atom. The summed E-state index contributed by atoms with van der Waals surface area (Å²) in [5.74, 6) is -1.23. The van der Waals surface area contributed by atoms with Gasteiger partial charge in [-0.15, -0.1) is 10.2 Å². The number of aliphatic imine (C=N–C) groups is 1. The Kier molecular flexibility index (Phi) is 5.38. The standard InChI is InChI=1S/C16H18ClN7O3S/c1-12-7-8-18-16(2,21-12)24(11-23-9-19-20-10-23)15(25)22-28(26,27)14-6-4-3-5-13(14)17/h3-10,21H,11H2,1-2H3,(H,22,25). The Bertz CT molecular complexity index is 1040. The molecule has 1 aliphatic rings. The number of nitrogens with one attached hydrogen (secondary N) is 2. The fourth-order valence-corrected chi connectivity index (χ4v) is 4.10. The van der Waals surface area contributed by atoms with E-state index in [2.05, 4.69) is 25.2 Å². The van der Waals surface area contributed by atoms with Gasteiger partial charge in [-0.1, -0.05) is 23.7 Å². The number of carbonyl (C=O) groups is 1. The Morgan fingerprint density at radius 3 is 2.64 bits per heavy atom. The maximum atomic E-state index is 13.0. The van der Waals surface area contributed by atoms with Gasteiger partial charge in [-0.25, -0.2) is 22.9 Å². The number of sulfonamides is 1. The smallest absolute Gasteiger partial charge is 0.336 e. The number of hydrogen-bond acceptors (Lipinski definition) is 7. The van der Waals surface area contributed by atoms with Crippen LogP contribution in [0, 0.1) is 0 Å². The molecule has 0 spiro atoms. The Morgan fingerprint density at radius 1 is 1.32 bits per heavy atom. The van der Waals surface area contributed by atoms with Gasteiger partial charge in [0, 0.05) is 11.9 Å². The second kappa shape index (κ2) is 7.60. The Hall–Kier alpha value is -2.92. The maximum Gasteiger partial charge on any atom is 0.336 e. The summed E-state index contributed by atoms with van der Waals surface area (Å²) < 4.78 is 28.9. The zero-order valence-electron chi connectivity index (χ0n) is 15.1. The first-order valence-corrected chi connectivity index (χ1v) is 9.99. The summed E-state index contributed by atoms with van der Waals surface area (Å²) in [4.78, 5) is 18.3. The highest BCUT2D eigenvalue weighted by Crippen LogP contribution is 2.23. The van der Waals surface area contributed by atoms with E-state index in [-0.39, 0.29) is 16.6 Å². The second-order valence-corrected chi connectivity index (χ2v) is 8.22. The molecule has 28 heavy (non-hydrogen) atoms. The van der Waals surface area contributed by atoms with E-state index in [9.17, 15) is 13.2 Å². The zero-order valence-corrected chi connectivity index (χ0v) is 16.6. The fraction of sp³-hybridized carbons (Fsp3) is 0.250. The molecule has 12 heteroatoms. The topological polar surface area (TPSA) is 122 Å². The quantitative estimate of drug-likeness (QED) is 0.752. The molecular weight excluding hydrogens is 406 g/mol. The van der Waals surface area contributed by atoms with Crippen LogP contribution in [0.2, 0.25) is 5.02 Å². The van der Waals surface area contributed by atoms with E-state index in [1.807, 2.05) is 0 Å². The molecule has 1 unspecified atom stereocenters. The van der Waals surface area contributed by atoms with E-state index >= 15 is 0 Å². The molecule has 1 aromatic carbocycles. The molecule has 3 rings (SSSR count). The number of urea groups is 1. The molecule has 0 saturated carbocycles. The molecule has 10 nitrogen and oxygen atoms in total. The number of benzene rings is 1. The predicted octanol–water partition coefficient (Wildman–Crippen LogP) is 1.54. The van der Waals surface area contributed by atoms with Crippen molar-refractivity contribution in [2.24, 2.45) is 4.99 Å². The molecule has 1 aliphatic heterocycles. The van der Waals surface area contributed by atoms with Gasteiger partial charge >= 0.3 is 6.03 Å². The summed E-state index contributed by atoms with van der Waals surface area (Å²) in [7, 11) is -4.20. The highest BCUT2D eigenvalue weighted by Gasteiger charge is 2.38. The summed E-state index contributed by atoms with van der Waals surface area (Å²) in [6.07, 6.45) is 6.08. The number of rotatable bonds is 5. The largest absolute Gasteiger partial charge is 0.348 e. The lowest BCUT2D eigenvalue weighted by atomic mass is 10.2. The number of nitrogens with zero attached hydrogens (tertiary/aromatic N) is 5. The molecule has 2 aromatic rings. The number of aromatic nitrogens is 3. The van der Waals surface area contributed by atoms with Gasteiger partial charge in [0.15, 0.2) is 0 Å². The summed E-state index contributed by atoms with van der Waals surface area (Å²) in [5, 5.41) is 10.5. The molecular formula is C16H18ClN7O3S. The highest BCUT2D eigenvalue weighted by atomic mass is 35.5. The molecule has 2 N–H and O–H groups in total. The molecule has 0 radical (unpaired) electrons. The van der Waals surface area contributed by atoms with Crippen LogP contribution in [0.1, 0.15) is 13.8 Å². The van der Waals surface area contributed by atoms with Crippen molar-refractivity contribution in [3.05, 3.63) is 53.7 Å². The van der Waals surface area contributed by atoms with Crippen molar-refractivity contribution < 1.29 is 13.2 Å². The molecule has 2 amide bonds. The normalized spacial score (nSPS) is 18.9. The molecule has 2 heterocycles. The van der Waals surface area contributed by atoms with E-state index in [0.717, 1.165) is 5.70 Å². The van der Waals surface area contributed by atoms with Crippen molar-refractivity contribution in [3.63, 3.8) is 0 Å². The zero-order chi connectivity index (χ0) is 20.4. The van der Waals surface area contributed by atoms with E-state index in [1.54, 1.807) is 32.2 Å². The van der Waals surface area contributed by atoms with Gasteiger partial charge in [0.2, 0.25) is 5.79 Å². The van der Waals surface area contributed by atoms with Crippen LogP contribution in [0.25, 0.3) is 0 Å². The molecule has 1 atom stereocenters. The lowest BCUT2D eigenvalue weighted by Crippen LogP contribution is -2.61. The fourth-order valence-electron chi connectivity index (χ4n) is 2.62. The number of hydrogen-bond donors (Lipinski definition) is 2. The molecule has 0 fully saturated rings. The van der Waals surface area contributed by atoms with Crippen molar-refractivity contribution in [1.29, 1.82) is 0 Å². The lowest BCUT2D eigenvalue weighted by Gasteiger charge is -2.40. The molecule has 0 saturated heterocycles. The number of allylic oxidation sites excluding steroid dienone is 2. The van der Waals surface area contributed by atoms with Crippen LogP contribution in [0.3, 0.4) is 0 Å². The van der Waals surface area contributed by atoms with Crippen molar-refractivity contribution >= 4 is 33.9 Å². The lowest BCUT2D eigenvalue weighted by molar-refractivity contribution is 0.0886. The first-order valence-electron chi connectivity index (χ1n) is 8.13. The Labute approximate surface area is 167 Å². The SMILES string of the molecule is CC1=CC=NC(C)(N(Cn2cnnc2)C(=O)NS(=O)(=O)c2ccccc2Cl)N1. The van der Waals surface area contributed by atoms with Gasteiger partial charge in [-0.05, 0) is 32.1 Å². The first-order chi connectivity index (χ1) is 13.2. The minimum atomic E-state index is -4.20. The Balaban J connectivity index is 1.92. The minimum Gasteiger partial charge on any atom is -0.348 e. The summed E-state index contributed by atoms with van der Waals surface area (Å²) in [6.45, 7) is 3.40. The van der Waals surface area contributed by atoms with Gasteiger partial charge in [-0.2, -0.15) is 0 Å². The molecule has 0 bridgehead atoms. The third kappa shape index (κ3) is 4.15. The third-order valence-corrected chi connectivity index (χ3v) is 5.79. The van der Waals surface area contributed by atoms with Gasteiger partial charge in [0.25, 0.3) is 10.0 Å². The van der Waals surface area contributed by atoms with Gasteiger partial charge in [0.05, 0.1) is 5.02 Å². The average Bonchev–Trinajstić information content (AvgIpc) is 3.12. The highest BCUT2D eigenvalue weighted by molar-refractivity contribution is 7.90. The molecule has 1 aromatic heterocycles. The summed E-state index contributed by atoms with van der Waals surface area (Å²) >= 11 is 5.97. The first kappa shape index (κ1) is 19.8. The predicted molar refractivity (Wildman–Crippen MR) is 103 cm³/mol. The van der Waals surface area contributed by atoms with E-state index in [0.29, 0.717) is 0 Å². The third-order valence-electron chi connectivity index (χ3n) is 3.97. The van der Waals surface area contributed by atoms with Crippen LogP contribution < -0.4 is 10.0 Å². The summed E-state index contributed by atoms with van der Waals surface area (Å²) in [5.41, 5.74) is 0.757. The van der Waals surface area contributed by atoms with Crippen LogP contribution >= 0.6 is 11.6 Å². The van der Waals surface area contributed by atoms with E-state index in [1.165, 1.54) is 40.3 Å². The van der Waals surface area contributed by atoms with Crippen LogP contribution in [0.5, 0.6) is 0 Å². The monoisotopic (exact) mass is 423 g/mol. The van der Waals surface area contributed by atoms with Crippen LogP contribution in [0.15, 0.2) is 58.6 Å². The van der Waals surface area contributed by atoms with E-state index < -0.39 is 21.8 Å². The summed E-state index contributed by atoms with van der Waals surface area (Å²) in [6, 6.07) is 4.96. The van der Waals surface area contributed by atoms with Crippen LogP contribution in [0.4, 0.5) is 4.79 Å². The van der Waals surface area contributed by atoms with Crippen LogP contribution in [-0.4, -0.2) is 46.1 Å². The van der Waals surface area contributed by atoms with Crippen molar-refractivity contribution in [2.45, 2.75) is 31.2 Å². The number of amides is 2. The maximum absolute atomic E-state index is 13.0. The van der Waals surface area contributed by atoms with Crippen molar-refractivity contribution in [3.8, 4) is 0 Å². The molecule has 0 aliphatic carbocycles. The number of halogens is 1. The average molecular weight is 424 g/mol. The minimum absolute atomic E-state index is 0.00645. The van der Waals surface area contributed by atoms with Crippen molar-refractivity contribution in [2.75, 3.05) is 0 Å². The van der Waals surface area contributed by atoms with Gasteiger partial charge in [0.1, 0.15) is 24.2 Å². The van der Waals surface area contributed by atoms with Crippen LogP contribution in [-0.2, 0) is 16.7 Å².